The molecule has 6 nitrogen and oxygen atoms in total. The molecule has 3 heterocycles. The van der Waals surface area contributed by atoms with E-state index in [0.717, 1.165) is 49.7 Å². The van der Waals surface area contributed by atoms with Crippen molar-refractivity contribution in [1.29, 1.82) is 0 Å². The highest BCUT2D eigenvalue weighted by Crippen LogP contribution is 2.25. The van der Waals surface area contributed by atoms with Crippen LogP contribution in [0.3, 0.4) is 0 Å². The van der Waals surface area contributed by atoms with Gasteiger partial charge in [-0.2, -0.15) is 5.10 Å². The molecule has 0 aromatic carbocycles. The van der Waals surface area contributed by atoms with Crippen molar-refractivity contribution < 1.29 is 0 Å². The number of hydrogen-bond acceptors (Lipinski definition) is 4. The minimum absolute atomic E-state index is 0.222. The van der Waals surface area contributed by atoms with Crippen LogP contribution < -0.4 is 5.69 Å². The summed E-state index contributed by atoms with van der Waals surface area (Å²) in [5.41, 5.74) is 3.21. The number of H-pyrrole nitrogens is 2. The summed E-state index contributed by atoms with van der Waals surface area (Å²) in [6.07, 6.45) is 2.19. The maximum absolute atomic E-state index is 11.2. The first kappa shape index (κ1) is 14.0. The number of aromatic nitrogens is 4. The molecule has 6 heteroatoms. The zero-order chi connectivity index (χ0) is 14.8. The highest BCUT2D eigenvalue weighted by Gasteiger charge is 2.24. The molecule has 3 rings (SSSR count). The Kier molecular flexibility index (Phi) is 3.88. The van der Waals surface area contributed by atoms with Gasteiger partial charge in [0.1, 0.15) is 5.82 Å². The third-order valence-electron chi connectivity index (χ3n) is 4.14. The van der Waals surface area contributed by atoms with Crippen LogP contribution in [0.5, 0.6) is 0 Å². The van der Waals surface area contributed by atoms with Gasteiger partial charge in [0.15, 0.2) is 0 Å². The van der Waals surface area contributed by atoms with Crippen LogP contribution in [0.2, 0.25) is 0 Å². The van der Waals surface area contributed by atoms with Crippen molar-refractivity contribution >= 4 is 0 Å². The van der Waals surface area contributed by atoms with Crippen LogP contribution in [-0.4, -0.2) is 38.2 Å². The molecule has 0 spiro atoms. The van der Waals surface area contributed by atoms with Gasteiger partial charge in [-0.05, 0) is 44.9 Å². The Morgan fingerprint density at radius 1 is 1.38 bits per heavy atom. The highest BCUT2D eigenvalue weighted by atomic mass is 16.1. The maximum Gasteiger partial charge on any atom is 0.340 e. The Bertz CT molecular complexity index is 675. The molecule has 1 unspecified atom stereocenters. The van der Waals surface area contributed by atoms with Gasteiger partial charge in [0, 0.05) is 30.4 Å². The van der Waals surface area contributed by atoms with Gasteiger partial charge >= 0.3 is 5.69 Å². The molecule has 0 aliphatic carbocycles. The summed E-state index contributed by atoms with van der Waals surface area (Å²) in [6, 6.07) is 4.23. The molecule has 0 amide bonds. The van der Waals surface area contributed by atoms with Crippen molar-refractivity contribution in [2.45, 2.75) is 39.2 Å². The van der Waals surface area contributed by atoms with Gasteiger partial charge in [-0.3, -0.25) is 14.9 Å². The Morgan fingerprint density at radius 3 is 2.95 bits per heavy atom. The summed E-state index contributed by atoms with van der Waals surface area (Å²) in [5, 5.41) is 6.53. The van der Waals surface area contributed by atoms with E-state index in [9.17, 15) is 4.79 Å². The minimum Gasteiger partial charge on any atom is -0.298 e. The number of aromatic amines is 2. The van der Waals surface area contributed by atoms with Crippen LogP contribution in [0.25, 0.3) is 0 Å². The second-order valence-corrected chi connectivity index (χ2v) is 5.83. The lowest BCUT2D eigenvalue weighted by atomic mass is 9.97. The average Bonchev–Trinajstić information content (AvgIpc) is 2.89. The molecular formula is C15H21N5O. The number of piperidine rings is 1. The van der Waals surface area contributed by atoms with Gasteiger partial charge in [-0.25, -0.2) is 9.89 Å². The van der Waals surface area contributed by atoms with Gasteiger partial charge in [0.05, 0.1) is 0 Å². The number of nitrogens with one attached hydrogen (secondary N) is 2. The quantitative estimate of drug-likeness (QED) is 0.896. The van der Waals surface area contributed by atoms with E-state index >= 15 is 0 Å². The number of rotatable bonds is 3. The first-order valence-corrected chi connectivity index (χ1v) is 7.42. The van der Waals surface area contributed by atoms with Crippen molar-refractivity contribution in [3.05, 3.63) is 45.4 Å². The summed E-state index contributed by atoms with van der Waals surface area (Å²) in [5.74, 6) is 1.08. The van der Waals surface area contributed by atoms with Crippen molar-refractivity contribution in [3.63, 3.8) is 0 Å². The predicted molar refractivity (Wildman–Crippen MR) is 80.2 cm³/mol. The Hall–Kier alpha value is -1.95. The lowest BCUT2D eigenvalue weighted by Crippen LogP contribution is -2.34. The van der Waals surface area contributed by atoms with Crippen molar-refractivity contribution in [3.8, 4) is 0 Å². The van der Waals surface area contributed by atoms with Gasteiger partial charge < -0.3 is 0 Å². The summed E-state index contributed by atoms with van der Waals surface area (Å²) in [4.78, 5) is 20.9. The van der Waals surface area contributed by atoms with Crippen LogP contribution in [0, 0.1) is 13.8 Å². The van der Waals surface area contributed by atoms with E-state index in [1.807, 2.05) is 6.92 Å². The van der Waals surface area contributed by atoms with Crippen molar-refractivity contribution in [2.75, 3.05) is 13.1 Å². The first-order valence-electron chi connectivity index (χ1n) is 7.42. The molecule has 0 radical (unpaired) electrons. The third-order valence-corrected chi connectivity index (χ3v) is 4.14. The molecule has 0 saturated carbocycles. The van der Waals surface area contributed by atoms with Crippen LogP contribution in [-0.2, 0) is 6.54 Å². The van der Waals surface area contributed by atoms with E-state index in [0.29, 0.717) is 5.92 Å². The van der Waals surface area contributed by atoms with E-state index < -0.39 is 0 Å². The van der Waals surface area contributed by atoms with Gasteiger partial charge in [-0.15, -0.1) is 0 Å². The number of likely N-dealkylation sites (tertiary alicyclic amines) is 1. The molecule has 1 atom stereocenters. The smallest absolute Gasteiger partial charge is 0.298 e. The first-order chi connectivity index (χ1) is 10.1. The van der Waals surface area contributed by atoms with E-state index in [1.54, 1.807) is 0 Å². The van der Waals surface area contributed by atoms with E-state index in [2.05, 4.69) is 44.1 Å². The summed E-state index contributed by atoms with van der Waals surface area (Å²) >= 11 is 0. The van der Waals surface area contributed by atoms with E-state index in [1.165, 1.54) is 5.56 Å². The number of aryl methyl sites for hydroxylation is 2. The van der Waals surface area contributed by atoms with Crippen LogP contribution >= 0.6 is 0 Å². The van der Waals surface area contributed by atoms with Crippen LogP contribution in [0.15, 0.2) is 16.9 Å². The second-order valence-electron chi connectivity index (χ2n) is 5.83. The predicted octanol–water partition coefficient (Wildman–Crippen LogP) is 1.49. The average molecular weight is 287 g/mol. The van der Waals surface area contributed by atoms with Gasteiger partial charge in [0.25, 0.3) is 0 Å². The molecular weight excluding hydrogens is 266 g/mol. The Labute approximate surface area is 123 Å². The molecule has 2 aromatic heterocycles. The fourth-order valence-electron chi connectivity index (χ4n) is 3.02. The largest absolute Gasteiger partial charge is 0.340 e. The Balaban J connectivity index is 1.70. The SMILES string of the molecule is Cc1ccc(CN2CCCC(c3n[nH]c(=O)[nH]3)C2)c(C)n1. The number of nitrogens with zero attached hydrogens (tertiary/aromatic N) is 3. The standard InChI is InChI=1S/C15H21N5O/c1-10-5-6-12(11(2)16-10)8-20-7-3-4-13(9-20)14-17-15(21)19-18-14/h5-6,13H,3-4,7-9H2,1-2H3,(H2,17,18,19,21). The van der Waals surface area contributed by atoms with Crippen LogP contribution in [0.4, 0.5) is 0 Å². The monoisotopic (exact) mass is 287 g/mol. The molecule has 2 N–H and O–H groups in total. The number of hydrogen-bond donors (Lipinski definition) is 2. The lowest BCUT2D eigenvalue weighted by molar-refractivity contribution is 0.196. The van der Waals surface area contributed by atoms with Crippen molar-refractivity contribution in [1.82, 2.24) is 25.1 Å². The molecule has 0 bridgehead atoms. The molecule has 2 aromatic rings. The summed E-state index contributed by atoms with van der Waals surface area (Å²) in [7, 11) is 0. The molecule has 1 fully saturated rings. The van der Waals surface area contributed by atoms with E-state index in [-0.39, 0.29) is 5.69 Å². The Morgan fingerprint density at radius 2 is 2.24 bits per heavy atom. The van der Waals surface area contributed by atoms with Gasteiger partial charge in [-0.1, -0.05) is 6.07 Å². The van der Waals surface area contributed by atoms with E-state index in [4.69, 9.17) is 0 Å². The van der Waals surface area contributed by atoms with Crippen LogP contribution in [0.1, 0.15) is 41.5 Å². The summed E-state index contributed by atoms with van der Waals surface area (Å²) in [6.45, 7) is 6.99. The fraction of sp³-hybridized carbons (Fsp3) is 0.533. The number of pyridine rings is 1. The molecule has 1 aliphatic heterocycles. The van der Waals surface area contributed by atoms with Crippen molar-refractivity contribution in [2.24, 2.45) is 0 Å². The normalized spacial score (nSPS) is 19.8. The van der Waals surface area contributed by atoms with Gasteiger partial charge in [0.2, 0.25) is 0 Å². The molecule has 112 valence electrons. The summed E-state index contributed by atoms with van der Waals surface area (Å²) < 4.78 is 0. The lowest BCUT2D eigenvalue weighted by Gasteiger charge is -2.31. The third kappa shape index (κ3) is 3.21. The zero-order valence-corrected chi connectivity index (χ0v) is 12.5. The molecule has 1 aliphatic rings. The fourth-order valence-corrected chi connectivity index (χ4v) is 3.02. The topological polar surface area (TPSA) is 77.7 Å². The molecule has 21 heavy (non-hydrogen) atoms. The highest BCUT2D eigenvalue weighted by molar-refractivity contribution is 5.21. The minimum atomic E-state index is -0.222. The molecule has 1 saturated heterocycles. The second kappa shape index (κ2) is 5.81. The zero-order valence-electron chi connectivity index (χ0n) is 12.5. The maximum atomic E-state index is 11.2.